The molecule has 0 amide bonds. The average Bonchev–Trinajstić information content (AvgIpc) is 2.24. The zero-order chi connectivity index (χ0) is 13.1. The van der Waals surface area contributed by atoms with Crippen molar-refractivity contribution in [3.8, 4) is 0 Å². The molecule has 1 unspecified atom stereocenters. The summed E-state index contributed by atoms with van der Waals surface area (Å²) in [6.07, 6.45) is -0.856. The van der Waals surface area contributed by atoms with Crippen LogP contribution in [0.5, 0.6) is 0 Å². The van der Waals surface area contributed by atoms with Crippen LogP contribution in [-0.4, -0.2) is 30.0 Å². The fourth-order valence-corrected chi connectivity index (χ4v) is 1.83. The minimum absolute atomic E-state index is 0. The number of hydrogen-bond acceptors (Lipinski definition) is 5. The van der Waals surface area contributed by atoms with E-state index in [1.54, 1.807) is 18.2 Å². The second kappa shape index (κ2) is 7.01. The van der Waals surface area contributed by atoms with Crippen molar-refractivity contribution in [2.45, 2.75) is 11.7 Å². The van der Waals surface area contributed by atoms with E-state index < -0.39 is 33.5 Å². The number of carbonyl (C=O) groups is 2. The molecule has 0 bridgehead atoms. The van der Waals surface area contributed by atoms with Gasteiger partial charge in [0, 0.05) is 12.0 Å². The van der Waals surface area contributed by atoms with Gasteiger partial charge in [0.25, 0.3) is 10.1 Å². The SMILES string of the molecule is O=C(CC(C(=O)[O-])S(=O)(=O)O)c1ccccc1.[Na+]. The molecule has 0 saturated heterocycles. The van der Waals surface area contributed by atoms with Crippen molar-refractivity contribution in [1.82, 2.24) is 0 Å². The van der Waals surface area contributed by atoms with Crippen LogP contribution in [0.25, 0.3) is 0 Å². The monoisotopic (exact) mass is 280 g/mol. The molecule has 0 fully saturated rings. The Bertz CT molecular complexity index is 525. The number of ketones is 1. The summed E-state index contributed by atoms with van der Waals surface area (Å²) in [4.78, 5) is 22.0. The Kier molecular flexibility index (Phi) is 6.72. The fourth-order valence-electron chi connectivity index (χ4n) is 1.22. The normalized spacial score (nSPS) is 12.3. The van der Waals surface area contributed by atoms with Gasteiger partial charge >= 0.3 is 29.6 Å². The van der Waals surface area contributed by atoms with Crippen LogP contribution in [0.2, 0.25) is 0 Å². The van der Waals surface area contributed by atoms with Gasteiger partial charge in [0.1, 0.15) is 5.25 Å². The van der Waals surface area contributed by atoms with E-state index in [2.05, 4.69) is 0 Å². The predicted molar refractivity (Wildman–Crippen MR) is 55.7 cm³/mol. The summed E-state index contributed by atoms with van der Waals surface area (Å²) in [6.45, 7) is 0. The van der Waals surface area contributed by atoms with Gasteiger partial charge in [0.2, 0.25) is 0 Å². The first-order valence-electron chi connectivity index (χ1n) is 4.58. The van der Waals surface area contributed by atoms with Crippen LogP contribution < -0.4 is 34.7 Å². The van der Waals surface area contributed by atoms with Crippen LogP contribution in [0, 0.1) is 0 Å². The number of carboxylic acids is 1. The molecule has 0 heterocycles. The number of rotatable bonds is 5. The molecule has 1 aromatic rings. The second-order valence-electron chi connectivity index (χ2n) is 3.32. The van der Waals surface area contributed by atoms with Crippen molar-refractivity contribution >= 4 is 21.9 Å². The van der Waals surface area contributed by atoms with Gasteiger partial charge in [-0.1, -0.05) is 30.3 Å². The summed E-state index contributed by atoms with van der Waals surface area (Å²) >= 11 is 0. The summed E-state index contributed by atoms with van der Waals surface area (Å²) in [5.41, 5.74) is 0.169. The van der Waals surface area contributed by atoms with E-state index in [0.29, 0.717) is 0 Å². The van der Waals surface area contributed by atoms with Crippen LogP contribution in [-0.2, 0) is 14.9 Å². The number of aliphatic carboxylic acids is 1. The zero-order valence-corrected chi connectivity index (χ0v) is 12.4. The second-order valence-corrected chi connectivity index (χ2v) is 4.91. The molecule has 8 heteroatoms. The predicted octanol–water partition coefficient (Wildman–Crippen LogP) is -3.73. The molecule has 1 aromatic carbocycles. The Morgan fingerprint density at radius 1 is 1.22 bits per heavy atom. The third-order valence-corrected chi connectivity index (χ3v) is 3.17. The van der Waals surface area contributed by atoms with E-state index in [1.807, 2.05) is 0 Å². The van der Waals surface area contributed by atoms with Crippen molar-refractivity contribution in [2.75, 3.05) is 0 Å². The topological polar surface area (TPSA) is 112 Å². The van der Waals surface area contributed by atoms with Crippen LogP contribution in [0.3, 0.4) is 0 Å². The number of carboxylic acid groups (broad SMARTS) is 1. The summed E-state index contributed by atoms with van der Waals surface area (Å²) in [6, 6.07) is 7.58. The molecule has 0 aliphatic carbocycles. The first-order valence-corrected chi connectivity index (χ1v) is 6.08. The molecule has 1 rings (SSSR count). The molecular formula is C10H9NaO6S. The van der Waals surface area contributed by atoms with Crippen molar-refractivity contribution in [1.29, 1.82) is 0 Å². The van der Waals surface area contributed by atoms with Crippen molar-refractivity contribution in [3.05, 3.63) is 35.9 Å². The smallest absolute Gasteiger partial charge is 0.549 e. The van der Waals surface area contributed by atoms with Gasteiger partial charge in [-0.2, -0.15) is 8.42 Å². The molecule has 6 nitrogen and oxygen atoms in total. The molecule has 18 heavy (non-hydrogen) atoms. The largest absolute Gasteiger partial charge is 1.00 e. The van der Waals surface area contributed by atoms with E-state index in [9.17, 15) is 23.1 Å². The first-order chi connectivity index (χ1) is 7.82. The van der Waals surface area contributed by atoms with Crippen molar-refractivity contribution < 1.29 is 57.2 Å². The maximum atomic E-state index is 11.5. The van der Waals surface area contributed by atoms with Crippen LogP contribution in [0.1, 0.15) is 16.8 Å². The molecule has 92 valence electrons. The zero-order valence-electron chi connectivity index (χ0n) is 9.57. The first kappa shape index (κ1) is 17.3. The fraction of sp³-hybridized carbons (Fsp3) is 0.200. The van der Waals surface area contributed by atoms with Gasteiger partial charge in [-0.05, 0) is 0 Å². The van der Waals surface area contributed by atoms with Crippen LogP contribution >= 0.6 is 0 Å². The van der Waals surface area contributed by atoms with E-state index in [4.69, 9.17) is 4.55 Å². The van der Waals surface area contributed by atoms with Gasteiger partial charge in [-0.15, -0.1) is 0 Å². The molecule has 0 saturated carbocycles. The average molecular weight is 280 g/mol. The Morgan fingerprint density at radius 3 is 2.11 bits per heavy atom. The maximum absolute atomic E-state index is 11.5. The van der Waals surface area contributed by atoms with Gasteiger partial charge in [0.15, 0.2) is 5.78 Å². The standard InChI is InChI=1S/C10H10O6S.Na/c11-8(7-4-2-1-3-5-7)6-9(10(12)13)17(14,15)16;/h1-5,9H,6H2,(H,12,13)(H,14,15,16);/q;+1/p-1. The Morgan fingerprint density at radius 2 is 1.72 bits per heavy atom. The summed E-state index contributed by atoms with van der Waals surface area (Å²) in [5, 5.41) is 8.27. The molecule has 1 atom stereocenters. The number of benzene rings is 1. The van der Waals surface area contributed by atoms with E-state index in [1.165, 1.54) is 12.1 Å². The van der Waals surface area contributed by atoms with Crippen LogP contribution in [0.4, 0.5) is 0 Å². The van der Waals surface area contributed by atoms with E-state index in [-0.39, 0.29) is 35.1 Å². The maximum Gasteiger partial charge on any atom is 1.00 e. The molecule has 0 radical (unpaired) electrons. The number of hydrogen-bond donors (Lipinski definition) is 1. The van der Waals surface area contributed by atoms with E-state index >= 15 is 0 Å². The third-order valence-electron chi connectivity index (χ3n) is 2.09. The molecule has 0 aromatic heterocycles. The van der Waals surface area contributed by atoms with Gasteiger partial charge in [-0.25, -0.2) is 0 Å². The van der Waals surface area contributed by atoms with Crippen molar-refractivity contribution in [2.24, 2.45) is 0 Å². The quantitative estimate of drug-likeness (QED) is 0.337. The van der Waals surface area contributed by atoms with Crippen LogP contribution in [0.15, 0.2) is 30.3 Å². The van der Waals surface area contributed by atoms with E-state index in [0.717, 1.165) is 0 Å². The minimum Gasteiger partial charge on any atom is -0.549 e. The summed E-state index contributed by atoms with van der Waals surface area (Å²) < 4.78 is 30.1. The summed E-state index contributed by atoms with van der Waals surface area (Å²) in [5.74, 6) is -2.70. The molecule has 0 spiro atoms. The number of Topliss-reactive ketones (excluding diaryl/α,β-unsaturated/α-hetero) is 1. The Hall–Kier alpha value is -0.730. The minimum atomic E-state index is -4.85. The molecule has 1 N–H and O–H groups in total. The van der Waals surface area contributed by atoms with Gasteiger partial charge < -0.3 is 9.90 Å². The molecular weight excluding hydrogens is 271 g/mol. The Labute approximate surface area is 126 Å². The third kappa shape index (κ3) is 4.87. The number of carbonyl (C=O) groups excluding carboxylic acids is 2. The molecule has 0 aliphatic rings. The van der Waals surface area contributed by atoms with Crippen molar-refractivity contribution in [3.63, 3.8) is 0 Å². The Balaban J connectivity index is 0.00000289. The van der Waals surface area contributed by atoms with Gasteiger partial charge in [0.05, 0.1) is 5.97 Å². The van der Waals surface area contributed by atoms with Gasteiger partial charge in [-0.3, -0.25) is 9.35 Å². The summed E-state index contributed by atoms with van der Waals surface area (Å²) in [7, 11) is -4.85. The molecule has 0 aliphatic heterocycles.